The van der Waals surface area contributed by atoms with E-state index >= 15 is 0 Å². The highest BCUT2D eigenvalue weighted by atomic mass is 32.2. The monoisotopic (exact) mass is 368 g/mol. The molecule has 2 amide bonds. The van der Waals surface area contributed by atoms with E-state index < -0.39 is 21.7 Å². The number of carbonyl (C=O) groups excluding carboxylic acids is 3. The third-order valence-electron chi connectivity index (χ3n) is 4.60. The summed E-state index contributed by atoms with van der Waals surface area (Å²) in [4.78, 5) is 49.0. The van der Waals surface area contributed by atoms with Crippen LogP contribution in [0.5, 0.6) is 0 Å². The molecule has 136 valence electrons. The zero-order valence-corrected chi connectivity index (χ0v) is 15.3. The summed E-state index contributed by atoms with van der Waals surface area (Å²) in [5.74, 6) is -0.925. The topological polar surface area (TPSA) is 106 Å². The Hall–Kier alpha value is -2.00. The fourth-order valence-electron chi connectivity index (χ4n) is 3.27. The van der Waals surface area contributed by atoms with Crippen LogP contribution < -0.4 is 0 Å². The zero-order valence-electron chi connectivity index (χ0n) is 14.5. The Labute approximate surface area is 149 Å². The quantitative estimate of drug-likeness (QED) is 0.624. The molecule has 9 heteroatoms. The van der Waals surface area contributed by atoms with Crippen LogP contribution in [0.25, 0.3) is 0 Å². The highest BCUT2D eigenvalue weighted by Crippen LogP contribution is 2.33. The highest BCUT2D eigenvalue weighted by molar-refractivity contribution is 8.14. The van der Waals surface area contributed by atoms with Crippen LogP contribution in [0.4, 0.5) is 4.79 Å². The molecule has 8 nitrogen and oxygen atoms in total. The largest absolute Gasteiger partial charge is 0.521 e. The summed E-state index contributed by atoms with van der Waals surface area (Å²) in [7, 11) is 1.67. The summed E-state index contributed by atoms with van der Waals surface area (Å²) in [6.45, 7) is 3.21. The summed E-state index contributed by atoms with van der Waals surface area (Å²) in [6.07, 6.45) is 2.71. The van der Waals surface area contributed by atoms with Crippen molar-refractivity contribution < 1.29 is 28.8 Å². The number of nitrogens with zero attached hydrogens (tertiary/aromatic N) is 3. The van der Waals surface area contributed by atoms with E-state index in [2.05, 4.69) is 5.10 Å². The van der Waals surface area contributed by atoms with Gasteiger partial charge in [-0.3, -0.25) is 14.3 Å². The molecule has 1 aliphatic rings. The van der Waals surface area contributed by atoms with Crippen LogP contribution in [-0.2, 0) is 16.6 Å². The van der Waals surface area contributed by atoms with Gasteiger partial charge in [-0.1, -0.05) is 11.8 Å². The van der Waals surface area contributed by atoms with Crippen molar-refractivity contribution in [3.05, 3.63) is 18.0 Å². The van der Waals surface area contributed by atoms with E-state index in [1.54, 1.807) is 14.0 Å². The van der Waals surface area contributed by atoms with Crippen molar-refractivity contribution in [3.8, 4) is 0 Å². The molecule has 0 bridgehead atoms. The molecule has 3 atom stereocenters. The second kappa shape index (κ2) is 7.49. The fraction of sp³-hybridized carbons (Fsp3) is 0.562. The van der Waals surface area contributed by atoms with Crippen molar-refractivity contribution in [3.63, 3.8) is 0 Å². The minimum atomic E-state index is -1.22. The summed E-state index contributed by atoms with van der Waals surface area (Å²) >= 11 is 0.727. The maximum Gasteiger partial charge on any atom is 0.521 e. The van der Waals surface area contributed by atoms with Gasteiger partial charge < -0.3 is 5.11 Å². The average Bonchev–Trinajstić information content (AvgIpc) is 3.12. The number of thioether (sulfide) groups is 1. The van der Waals surface area contributed by atoms with E-state index in [1.165, 1.54) is 24.0 Å². The second-order valence-corrected chi connectivity index (χ2v) is 7.71. The van der Waals surface area contributed by atoms with Gasteiger partial charge in [-0.15, -0.1) is 0 Å². The van der Waals surface area contributed by atoms with E-state index in [0.29, 0.717) is 18.4 Å². The predicted molar refractivity (Wildman–Crippen MR) is 91.1 cm³/mol. The number of amides is 2. The fourth-order valence-corrected chi connectivity index (χ4v) is 4.20. The summed E-state index contributed by atoms with van der Waals surface area (Å²) in [5.41, 5.74) is 0.334. The van der Waals surface area contributed by atoms with Crippen molar-refractivity contribution in [1.82, 2.24) is 9.78 Å². The summed E-state index contributed by atoms with van der Waals surface area (Å²) in [6, 6.07) is -0.381. The molecular weight excluding hydrogens is 346 g/mol. The average molecular weight is 368 g/mol. The SMILES string of the molecule is CC(=O)SC(CC(=O)c1cnn(C)c1)C(=O)[N+]1(C(=O)O)CCC[C@H]1C. The van der Waals surface area contributed by atoms with Crippen LogP contribution in [0.15, 0.2) is 12.4 Å². The van der Waals surface area contributed by atoms with E-state index in [4.69, 9.17) is 0 Å². The Morgan fingerprint density at radius 3 is 2.56 bits per heavy atom. The summed E-state index contributed by atoms with van der Waals surface area (Å²) < 4.78 is 0.751. The molecule has 0 spiro atoms. The van der Waals surface area contributed by atoms with Gasteiger partial charge >= 0.3 is 12.0 Å². The maximum atomic E-state index is 13.1. The lowest BCUT2D eigenvalue weighted by Gasteiger charge is -2.32. The van der Waals surface area contributed by atoms with Crippen LogP contribution in [-0.4, -0.2) is 60.1 Å². The van der Waals surface area contributed by atoms with Crippen molar-refractivity contribution in [2.45, 2.75) is 44.4 Å². The van der Waals surface area contributed by atoms with Gasteiger partial charge in [-0.05, 0) is 6.92 Å². The number of quaternary nitrogens is 1. The van der Waals surface area contributed by atoms with Gasteiger partial charge in [0.2, 0.25) is 0 Å². The molecule has 1 aromatic rings. The molecule has 0 aliphatic carbocycles. The number of aryl methyl sites for hydroxylation is 1. The number of hydrogen-bond acceptors (Lipinski definition) is 6. The maximum absolute atomic E-state index is 13.1. The number of imide groups is 1. The standard InChI is InChI=1S/C16H21N3O5S/c1-10-5-4-6-19(10,16(23)24)15(22)14(25-11(2)20)7-13(21)12-8-17-18(3)9-12/h8-10,14H,4-7H2,1-3H3/p+1/t10-,14?,19?/m1/s1. The first-order valence-corrected chi connectivity index (χ1v) is 8.91. The lowest BCUT2D eigenvalue weighted by atomic mass is 10.1. The number of ketones is 1. The first-order chi connectivity index (χ1) is 11.7. The molecule has 0 radical (unpaired) electrons. The molecule has 2 rings (SSSR count). The lowest BCUT2D eigenvalue weighted by molar-refractivity contribution is -0.792. The number of aromatic nitrogens is 2. The van der Waals surface area contributed by atoms with Gasteiger partial charge in [0.15, 0.2) is 10.9 Å². The van der Waals surface area contributed by atoms with Crippen LogP contribution in [0, 0.1) is 0 Å². The molecular formula is C16H22N3O5S+. The smallest absolute Gasteiger partial charge is 0.435 e. The first-order valence-electron chi connectivity index (χ1n) is 8.03. The molecule has 1 N–H and O–H groups in total. The third-order valence-corrected chi connectivity index (χ3v) is 5.59. The number of Topliss-reactive ketones (excluding diaryl/α,β-unsaturated/α-hetero) is 1. The Balaban J connectivity index is 2.29. The van der Waals surface area contributed by atoms with Gasteiger partial charge in [0.25, 0.3) is 0 Å². The molecule has 2 unspecified atom stereocenters. The molecule has 2 heterocycles. The minimum Gasteiger partial charge on any atom is -0.435 e. The zero-order chi connectivity index (χ0) is 18.8. The van der Waals surface area contributed by atoms with Crippen LogP contribution in [0.1, 0.15) is 43.5 Å². The molecule has 1 aromatic heterocycles. The van der Waals surface area contributed by atoms with Gasteiger partial charge in [0.05, 0.1) is 18.3 Å². The lowest BCUT2D eigenvalue weighted by Crippen LogP contribution is -2.61. The van der Waals surface area contributed by atoms with Crippen LogP contribution in [0.2, 0.25) is 0 Å². The number of carbonyl (C=O) groups is 4. The molecule has 1 aliphatic heterocycles. The molecule has 1 fully saturated rings. The predicted octanol–water partition coefficient (Wildman–Crippen LogP) is 1.84. The van der Waals surface area contributed by atoms with Crippen molar-refractivity contribution in [1.29, 1.82) is 0 Å². The molecule has 25 heavy (non-hydrogen) atoms. The highest BCUT2D eigenvalue weighted by Gasteiger charge is 2.55. The second-order valence-electron chi connectivity index (χ2n) is 6.33. The number of carboxylic acid groups (broad SMARTS) is 1. The van der Waals surface area contributed by atoms with E-state index in [-0.39, 0.29) is 29.9 Å². The Morgan fingerprint density at radius 2 is 2.12 bits per heavy atom. The van der Waals surface area contributed by atoms with Crippen LogP contribution in [0.3, 0.4) is 0 Å². The van der Waals surface area contributed by atoms with Crippen molar-refractivity contribution >= 4 is 34.7 Å². The van der Waals surface area contributed by atoms with Crippen molar-refractivity contribution in [2.24, 2.45) is 7.05 Å². The van der Waals surface area contributed by atoms with Gasteiger partial charge in [-0.2, -0.15) is 14.4 Å². The van der Waals surface area contributed by atoms with Crippen LogP contribution >= 0.6 is 11.8 Å². The molecule has 0 saturated carbocycles. The van der Waals surface area contributed by atoms with Gasteiger partial charge in [0, 0.05) is 39.4 Å². The first kappa shape index (κ1) is 19.3. The van der Waals surface area contributed by atoms with E-state index in [1.807, 2.05) is 0 Å². The number of likely N-dealkylation sites (tertiary alicyclic amines) is 1. The van der Waals surface area contributed by atoms with Gasteiger partial charge in [-0.25, -0.2) is 4.79 Å². The van der Waals surface area contributed by atoms with E-state index in [0.717, 1.165) is 11.8 Å². The van der Waals surface area contributed by atoms with E-state index in [9.17, 15) is 24.3 Å². The normalized spacial score (nSPS) is 24.0. The van der Waals surface area contributed by atoms with Gasteiger partial charge in [0.1, 0.15) is 11.3 Å². The number of rotatable bonds is 5. The Morgan fingerprint density at radius 1 is 1.44 bits per heavy atom. The molecule has 0 aromatic carbocycles. The third kappa shape index (κ3) is 3.82. The molecule has 1 saturated heterocycles. The van der Waals surface area contributed by atoms with Crippen molar-refractivity contribution in [2.75, 3.05) is 6.54 Å². The number of hydrogen-bond donors (Lipinski definition) is 1. The Bertz CT molecular complexity index is 716. The minimum absolute atomic E-state index is 0.186. The Kier molecular flexibility index (Phi) is 5.79. The summed E-state index contributed by atoms with van der Waals surface area (Å²) in [5, 5.41) is 12.3.